The molecule has 2 aliphatic carbocycles. The molecule has 2 saturated carbocycles. The van der Waals surface area contributed by atoms with E-state index in [2.05, 4.69) is 15.6 Å². The highest BCUT2D eigenvalue weighted by atomic mass is 15.4. The van der Waals surface area contributed by atoms with Crippen molar-refractivity contribution in [3.8, 4) is 0 Å². The maximum Gasteiger partial charge on any atom is 0.144 e. The molecule has 1 N–H and O–H groups in total. The highest BCUT2D eigenvalue weighted by Crippen LogP contribution is 2.61. The molecular formula is C10H16N4. The van der Waals surface area contributed by atoms with Crippen LogP contribution in [0, 0.1) is 11.3 Å². The van der Waals surface area contributed by atoms with Gasteiger partial charge in [0.05, 0.1) is 6.20 Å². The van der Waals surface area contributed by atoms with Gasteiger partial charge in [-0.15, -0.1) is 5.10 Å². The van der Waals surface area contributed by atoms with Crippen molar-refractivity contribution >= 4 is 5.82 Å². The molecule has 0 saturated heterocycles. The third-order valence-corrected chi connectivity index (χ3v) is 3.67. The lowest BCUT2D eigenvalue weighted by Gasteiger charge is -2.15. The molecule has 1 aromatic heterocycles. The van der Waals surface area contributed by atoms with E-state index in [9.17, 15) is 0 Å². The largest absolute Gasteiger partial charge is 0.368 e. The molecule has 0 atom stereocenters. The van der Waals surface area contributed by atoms with E-state index in [0.29, 0.717) is 5.41 Å². The third-order valence-electron chi connectivity index (χ3n) is 3.67. The Morgan fingerprint density at radius 2 is 2.36 bits per heavy atom. The molecule has 0 radical (unpaired) electrons. The van der Waals surface area contributed by atoms with Crippen LogP contribution >= 0.6 is 0 Å². The number of hydrogen-bond acceptors (Lipinski definition) is 3. The van der Waals surface area contributed by atoms with Crippen molar-refractivity contribution in [1.29, 1.82) is 0 Å². The van der Waals surface area contributed by atoms with E-state index in [1.165, 1.54) is 25.7 Å². The van der Waals surface area contributed by atoms with E-state index in [-0.39, 0.29) is 0 Å². The van der Waals surface area contributed by atoms with Crippen LogP contribution < -0.4 is 5.32 Å². The quantitative estimate of drug-likeness (QED) is 0.784. The Balaban J connectivity index is 1.61. The molecule has 2 aliphatic rings. The van der Waals surface area contributed by atoms with Gasteiger partial charge in [-0.25, -0.2) is 4.68 Å². The van der Waals surface area contributed by atoms with E-state index in [0.717, 1.165) is 18.3 Å². The van der Waals surface area contributed by atoms with Gasteiger partial charge in [0.1, 0.15) is 5.82 Å². The summed E-state index contributed by atoms with van der Waals surface area (Å²) in [6.45, 7) is 1.11. The molecule has 4 nitrogen and oxygen atoms in total. The number of aromatic nitrogens is 3. The van der Waals surface area contributed by atoms with Gasteiger partial charge in [0.25, 0.3) is 0 Å². The first-order valence-electron chi connectivity index (χ1n) is 5.39. The first kappa shape index (κ1) is 8.26. The molecule has 2 fully saturated rings. The lowest BCUT2D eigenvalue weighted by molar-refractivity contribution is 0.465. The number of nitrogens with one attached hydrogen (secondary N) is 1. The minimum Gasteiger partial charge on any atom is -0.368 e. The Bertz CT molecular complexity index is 336. The van der Waals surface area contributed by atoms with Crippen molar-refractivity contribution in [2.75, 3.05) is 11.9 Å². The van der Waals surface area contributed by atoms with Crippen molar-refractivity contribution in [2.24, 2.45) is 18.4 Å². The summed E-state index contributed by atoms with van der Waals surface area (Å²) in [7, 11) is 1.92. The van der Waals surface area contributed by atoms with E-state index in [4.69, 9.17) is 0 Å². The number of aryl methyl sites for hydroxylation is 1. The lowest BCUT2D eigenvalue weighted by Crippen LogP contribution is -2.18. The second-order valence-electron chi connectivity index (χ2n) is 4.73. The molecule has 76 valence electrons. The maximum absolute atomic E-state index is 3.90. The van der Waals surface area contributed by atoms with Crippen LogP contribution in [0.5, 0.6) is 0 Å². The van der Waals surface area contributed by atoms with Gasteiger partial charge < -0.3 is 5.32 Å². The molecule has 0 aromatic carbocycles. The molecule has 1 aromatic rings. The predicted octanol–water partition coefficient (Wildman–Crippen LogP) is 1.42. The molecule has 0 unspecified atom stereocenters. The van der Waals surface area contributed by atoms with Gasteiger partial charge in [-0.05, 0) is 37.0 Å². The zero-order valence-corrected chi connectivity index (χ0v) is 8.53. The summed E-state index contributed by atoms with van der Waals surface area (Å²) in [5, 5.41) is 11.2. The van der Waals surface area contributed by atoms with Crippen molar-refractivity contribution in [2.45, 2.75) is 25.7 Å². The average molecular weight is 192 g/mol. The molecule has 0 amide bonds. The van der Waals surface area contributed by atoms with Gasteiger partial charge in [0.15, 0.2) is 0 Å². The summed E-state index contributed by atoms with van der Waals surface area (Å²) in [6.07, 6.45) is 7.52. The Labute approximate surface area is 83.7 Å². The van der Waals surface area contributed by atoms with Gasteiger partial charge in [-0.1, -0.05) is 5.21 Å². The van der Waals surface area contributed by atoms with Crippen LogP contribution in [0.3, 0.4) is 0 Å². The SMILES string of the molecule is Cn1nncc1NCC1(C2CC2)CC1. The first-order chi connectivity index (χ1) is 6.80. The molecule has 1 heterocycles. The van der Waals surface area contributed by atoms with Crippen LogP contribution in [0.4, 0.5) is 5.82 Å². The third kappa shape index (κ3) is 1.29. The van der Waals surface area contributed by atoms with E-state index >= 15 is 0 Å². The van der Waals surface area contributed by atoms with Crippen molar-refractivity contribution in [3.63, 3.8) is 0 Å². The zero-order chi connectivity index (χ0) is 9.60. The lowest BCUT2D eigenvalue weighted by atomic mass is 10.0. The molecular weight excluding hydrogens is 176 g/mol. The van der Waals surface area contributed by atoms with Crippen LogP contribution in [0.1, 0.15) is 25.7 Å². The van der Waals surface area contributed by atoms with Gasteiger partial charge in [0, 0.05) is 13.6 Å². The van der Waals surface area contributed by atoms with Crippen molar-refractivity contribution in [3.05, 3.63) is 6.20 Å². The highest BCUT2D eigenvalue weighted by Gasteiger charge is 2.53. The topological polar surface area (TPSA) is 42.7 Å². The van der Waals surface area contributed by atoms with Gasteiger partial charge in [0.2, 0.25) is 0 Å². The fourth-order valence-corrected chi connectivity index (χ4v) is 2.30. The van der Waals surface area contributed by atoms with Crippen molar-refractivity contribution in [1.82, 2.24) is 15.0 Å². The monoisotopic (exact) mass is 192 g/mol. The molecule has 14 heavy (non-hydrogen) atoms. The highest BCUT2D eigenvalue weighted by molar-refractivity contribution is 5.32. The Morgan fingerprint density at radius 1 is 1.57 bits per heavy atom. The number of rotatable bonds is 4. The summed E-state index contributed by atoms with van der Waals surface area (Å²) in [5.41, 5.74) is 0.643. The average Bonchev–Trinajstić information content (AvgIpc) is 3.04. The smallest absolute Gasteiger partial charge is 0.144 e. The summed E-state index contributed by atoms with van der Waals surface area (Å²) in [4.78, 5) is 0. The fraction of sp³-hybridized carbons (Fsp3) is 0.800. The van der Waals surface area contributed by atoms with E-state index in [1.54, 1.807) is 10.9 Å². The standard InChI is InChI=1S/C10H16N4/c1-14-9(6-12-13-14)11-7-10(4-5-10)8-2-3-8/h6,8,11H,2-5,7H2,1H3. The molecule has 0 spiro atoms. The Kier molecular flexibility index (Phi) is 1.60. The van der Waals surface area contributed by atoms with E-state index in [1.807, 2.05) is 7.05 Å². The normalized spacial score (nSPS) is 23.5. The zero-order valence-electron chi connectivity index (χ0n) is 8.53. The molecule has 0 bridgehead atoms. The van der Waals surface area contributed by atoms with Gasteiger partial charge >= 0.3 is 0 Å². The van der Waals surface area contributed by atoms with Crippen LogP contribution in [-0.4, -0.2) is 21.5 Å². The maximum atomic E-state index is 3.90. The second kappa shape index (κ2) is 2.72. The van der Waals surface area contributed by atoms with Crippen LogP contribution in [0.2, 0.25) is 0 Å². The summed E-state index contributed by atoms with van der Waals surface area (Å²) >= 11 is 0. The molecule has 3 rings (SSSR count). The number of anilines is 1. The number of nitrogens with zero attached hydrogens (tertiary/aromatic N) is 3. The molecule has 4 heteroatoms. The van der Waals surface area contributed by atoms with Crippen LogP contribution in [-0.2, 0) is 7.05 Å². The minimum absolute atomic E-state index is 0.643. The second-order valence-corrected chi connectivity index (χ2v) is 4.73. The van der Waals surface area contributed by atoms with E-state index < -0.39 is 0 Å². The Morgan fingerprint density at radius 3 is 2.86 bits per heavy atom. The summed E-state index contributed by atoms with van der Waals surface area (Å²) in [6, 6.07) is 0. The Hall–Kier alpha value is -1.06. The van der Waals surface area contributed by atoms with Gasteiger partial charge in [-0.3, -0.25) is 0 Å². The summed E-state index contributed by atoms with van der Waals surface area (Å²) in [5.74, 6) is 2.05. The number of hydrogen-bond donors (Lipinski definition) is 1. The molecule has 0 aliphatic heterocycles. The predicted molar refractivity (Wildman–Crippen MR) is 53.9 cm³/mol. The van der Waals surface area contributed by atoms with Gasteiger partial charge in [-0.2, -0.15) is 0 Å². The summed E-state index contributed by atoms with van der Waals surface area (Å²) < 4.78 is 1.79. The fourth-order valence-electron chi connectivity index (χ4n) is 2.30. The minimum atomic E-state index is 0.643. The van der Waals surface area contributed by atoms with Crippen LogP contribution in [0.25, 0.3) is 0 Å². The first-order valence-corrected chi connectivity index (χ1v) is 5.39. The van der Waals surface area contributed by atoms with Crippen LogP contribution in [0.15, 0.2) is 6.20 Å². The van der Waals surface area contributed by atoms with Crippen molar-refractivity contribution < 1.29 is 0 Å².